The van der Waals surface area contributed by atoms with E-state index in [2.05, 4.69) is 5.32 Å². The van der Waals surface area contributed by atoms with Gasteiger partial charge in [0.1, 0.15) is 11.5 Å². The van der Waals surface area contributed by atoms with Crippen LogP contribution in [0.5, 0.6) is 0 Å². The molecule has 0 aromatic heterocycles. The van der Waals surface area contributed by atoms with Gasteiger partial charge in [0.25, 0.3) is 0 Å². The molecule has 0 radical (unpaired) electrons. The molecule has 20 heavy (non-hydrogen) atoms. The number of nitrogens with one attached hydrogen (secondary N) is 1. The molecule has 0 aliphatic rings. The second-order valence-corrected chi connectivity index (χ2v) is 6.82. The highest BCUT2D eigenvalue weighted by atomic mass is 32.2. The van der Waals surface area contributed by atoms with Crippen LogP contribution in [0.25, 0.3) is 0 Å². The van der Waals surface area contributed by atoms with Crippen LogP contribution in [0.4, 0.5) is 5.69 Å². The molecular weight excluding hydrogens is 282 g/mol. The number of carbonyl (C=O) groups excluding carboxylic acids is 1. The first-order chi connectivity index (χ1) is 9.19. The Morgan fingerprint density at radius 3 is 2.15 bits per heavy atom. The van der Waals surface area contributed by atoms with Gasteiger partial charge in [-0.1, -0.05) is 26.0 Å². The number of rotatable bonds is 6. The summed E-state index contributed by atoms with van der Waals surface area (Å²) >= 11 is 0. The van der Waals surface area contributed by atoms with Crippen LogP contribution in [-0.4, -0.2) is 36.9 Å². The molecule has 7 heteroatoms. The van der Waals surface area contributed by atoms with Crippen molar-refractivity contribution in [1.82, 2.24) is 0 Å². The molecule has 0 spiro atoms. The highest BCUT2D eigenvalue weighted by Gasteiger charge is 2.20. The third-order valence-corrected chi connectivity index (χ3v) is 3.94. The van der Waals surface area contributed by atoms with Gasteiger partial charge in [0.2, 0.25) is 5.91 Å². The van der Waals surface area contributed by atoms with Crippen molar-refractivity contribution in [2.24, 2.45) is 0 Å². The van der Waals surface area contributed by atoms with Gasteiger partial charge in [-0.15, -0.1) is 0 Å². The minimum absolute atomic E-state index is 0.357. The minimum Gasteiger partial charge on any atom is -0.480 e. The predicted molar refractivity (Wildman–Crippen MR) is 75.5 cm³/mol. The summed E-state index contributed by atoms with van der Waals surface area (Å²) in [6.45, 7) is 4.07. The molecule has 2 N–H and O–H groups in total. The van der Waals surface area contributed by atoms with Crippen LogP contribution in [0.3, 0.4) is 0 Å². The number of aliphatic carboxylic acids is 1. The molecule has 0 saturated heterocycles. The van der Waals surface area contributed by atoms with E-state index in [1.54, 1.807) is 12.1 Å². The van der Waals surface area contributed by atoms with Crippen molar-refractivity contribution in [2.45, 2.75) is 19.8 Å². The summed E-state index contributed by atoms with van der Waals surface area (Å²) in [5, 5.41) is 10.8. The second kappa shape index (κ2) is 6.51. The van der Waals surface area contributed by atoms with Gasteiger partial charge in [-0.2, -0.15) is 0 Å². The van der Waals surface area contributed by atoms with Crippen LogP contribution in [0.2, 0.25) is 0 Å². The first kappa shape index (κ1) is 16.2. The average molecular weight is 299 g/mol. The van der Waals surface area contributed by atoms with Gasteiger partial charge in [-0.05, 0) is 23.6 Å². The fourth-order valence-corrected chi connectivity index (χ4v) is 2.54. The summed E-state index contributed by atoms with van der Waals surface area (Å²) < 4.78 is 22.7. The van der Waals surface area contributed by atoms with E-state index < -0.39 is 33.2 Å². The van der Waals surface area contributed by atoms with Gasteiger partial charge in [0, 0.05) is 5.69 Å². The van der Waals surface area contributed by atoms with Gasteiger partial charge in [-0.3, -0.25) is 9.59 Å². The first-order valence-corrected chi connectivity index (χ1v) is 7.84. The van der Waals surface area contributed by atoms with E-state index in [4.69, 9.17) is 5.11 Å². The van der Waals surface area contributed by atoms with Gasteiger partial charge < -0.3 is 10.4 Å². The van der Waals surface area contributed by atoms with Gasteiger partial charge in [0.05, 0.1) is 0 Å². The normalized spacial score (nSPS) is 11.3. The Morgan fingerprint density at radius 2 is 1.70 bits per heavy atom. The molecule has 1 aromatic carbocycles. The van der Waals surface area contributed by atoms with E-state index in [1.165, 1.54) is 0 Å². The van der Waals surface area contributed by atoms with Crippen molar-refractivity contribution in [2.75, 3.05) is 16.8 Å². The van der Waals surface area contributed by atoms with Gasteiger partial charge in [0.15, 0.2) is 9.84 Å². The zero-order valence-corrected chi connectivity index (χ0v) is 12.1. The fourth-order valence-electron chi connectivity index (χ4n) is 1.59. The quantitative estimate of drug-likeness (QED) is 0.823. The Morgan fingerprint density at radius 1 is 1.15 bits per heavy atom. The zero-order chi connectivity index (χ0) is 15.3. The second-order valence-electron chi connectivity index (χ2n) is 4.75. The monoisotopic (exact) mass is 299 g/mol. The van der Waals surface area contributed by atoms with E-state index in [0.29, 0.717) is 11.6 Å². The maximum atomic E-state index is 11.5. The van der Waals surface area contributed by atoms with E-state index >= 15 is 0 Å². The number of hydrogen-bond acceptors (Lipinski definition) is 4. The van der Waals surface area contributed by atoms with Crippen molar-refractivity contribution < 1.29 is 23.1 Å². The lowest BCUT2D eigenvalue weighted by atomic mass is 10.0. The summed E-state index contributed by atoms with van der Waals surface area (Å²) in [4.78, 5) is 21.9. The average Bonchev–Trinajstić information content (AvgIpc) is 2.26. The van der Waals surface area contributed by atoms with Crippen molar-refractivity contribution in [3.05, 3.63) is 29.8 Å². The van der Waals surface area contributed by atoms with Crippen molar-refractivity contribution in [3.8, 4) is 0 Å². The Kier molecular flexibility index (Phi) is 5.26. The highest BCUT2D eigenvalue weighted by Crippen LogP contribution is 2.17. The number of anilines is 1. The summed E-state index contributed by atoms with van der Waals surface area (Å²) in [5.41, 5.74) is 1.58. The maximum Gasteiger partial charge on any atom is 0.318 e. The van der Waals surface area contributed by atoms with E-state index in [-0.39, 0.29) is 0 Å². The summed E-state index contributed by atoms with van der Waals surface area (Å²) in [6.07, 6.45) is 0. The fraction of sp³-hybridized carbons (Fsp3) is 0.385. The number of benzene rings is 1. The molecule has 0 bridgehead atoms. The van der Waals surface area contributed by atoms with Crippen molar-refractivity contribution in [1.29, 1.82) is 0 Å². The summed E-state index contributed by atoms with van der Waals surface area (Å²) in [5.74, 6) is -3.75. The Hall–Kier alpha value is -1.89. The molecule has 0 atom stereocenters. The van der Waals surface area contributed by atoms with Crippen LogP contribution >= 0.6 is 0 Å². The Labute approximate surface area is 117 Å². The molecule has 0 fully saturated rings. The number of amides is 1. The van der Waals surface area contributed by atoms with Crippen LogP contribution in [-0.2, 0) is 19.4 Å². The van der Waals surface area contributed by atoms with Crippen LogP contribution in [0.1, 0.15) is 25.3 Å². The molecule has 0 saturated carbocycles. The lowest BCUT2D eigenvalue weighted by Crippen LogP contribution is -2.27. The lowest BCUT2D eigenvalue weighted by Gasteiger charge is -2.08. The molecular formula is C13H17NO5S. The van der Waals surface area contributed by atoms with Crippen molar-refractivity contribution >= 4 is 27.4 Å². The standard InChI is InChI=1S/C13H17NO5S/c1-9(2)10-3-5-11(6-4-10)14-12(15)7-20(18,19)8-13(16)17/h3-6,9H,7-8H2,1-2H3,(H,14,15)(H,16,17). The number of carbonyl (C=O) groups is 2. The molecule has 1 rings (SSSR count). The summed E-state index contributed by atoms with van der Waals surface area (Å²) in [6, 6.07) is 7.03. The topological polar surface area (TPSA) is 101 Å². The minimum atomic E-state index is -3.93. The predicted octanol–water partition coefficient (Wildman–Crippen LogP) is 1.25. The molecule has 110 valence electrons. The SMILES string of the molecule is CC(C)c1ccc(NC(=O)CS(=O)(=O)CC(=O)O)cc1. The molecule has 6 nitrogen and oxygen atoms in total. The number of hydrogen-bond donors (Lipinski definition) is 2. The molecule has 1 aromatic rings. The summed E-state index contributed by atoms with van der Waals surface area (Å²) in [7, 11) is -3.93. The third kappa shape index (κ3) is 5.40. The molecule has 0 unspecified atom stereocenters. The van der Waals surface area contributed by atoms with Crippen LogP contribution < -0.4 is 5.32 Å². The molecule has 0 aliphatic carbocycles. The number of carboxylic acid groups (broad SMARTS) is 1. The third-order valence-electron chi connectivity index (χ3n) is 2.56. The maximum absolute atomic E-state index is 11.5. The first-order valence-electron chi connectivity index (χ1n) is 6.01. The smallest absolute Gasteiger partial charge is 0.318 e. The molecule has 0 aliphatic heterocycles. The number of carboxylic acids is 1. The largest absolute Gasteiger partial charge is 0.480 e. The van der Waals surface area contributed by atoms with Crippen molar-refractivity contribution in [3.63, 3.8) is 0 Å². The zero-order valence-electron chi connectivity index (χ0n) is 11.3. The van der Waals surface area contributed by atoms with E-state index in [0.717, 1.165) is 5.56 Å². The van der Waals surface area contributed by atoms with Crippen LogP contribution in [0, 0.1) is 0 Å². The molecule has 1 amide bonds. The molecule has 0 heterocycles. The highest BCUT2D eigenvalue weighted by molar-refractivity contribution is 7.92. The van der Waals surface area contributed by atoms with Crippen LogP contribution in [0.15, 0.2) is 24.3 Å². The van der Waals surface area contributed by atoms with Gasteiger partial charge in [-0.25, -0.2) is 8.42 Å². The van der Waals surface area contributed by atoms with E-state index in [1.807, 2.05) is 26.0 Å². The van der Waals surface area contributed by atoms with E-state index in [9.17, 15) is 18.0 Å². The Bertz CT molecular complexity index is 590. The van der Waals surface area contributed by atoms with Gasteiger partial charge >= 0.3 is 5.97 Å². The lowest BCUT2D eigenvalue weighted by molar-refractivity contribution is -0.134. The Balaban J connectivity index is 2.65. The number of sulfone groups is 1.